The highest BCUT2D eigenvalue weighted by atomic mass is 16.7. The zero-order valence-corrected chi connectivity index (χ0v) is 5.57. The summed E-state index contributed by atoms with van der Waals surface area (Å²) >= 11 is 0. The molecule has 0 aliphatic carbocycles. The fraction of sp³-hybridized carbons (Fsp3) is 0.333. The molecule has 0 aromatic heterocycles. The number of allylic oxidation sites excluding steroid dienone is 1. The van der Waals surface area contributed by atoms with Gasteiger partial charge in [0.1, 0.15) is 12.5 Å². The molecule has 0 unspecified atom stereocenters. The van der Waals surface area contributed by atoms with Crippen molar-refractivity contribution in [2.75, 3.05) is 6.61 Å². The molecule has 0 rings (SSSR count). The molecule has 0 N–H and O–H groups in total. The maximum atomic E-state index is 10.3. The van der Waals surface area contributed by atoms with Gasteiger partial charge in [0.2, 0.25) is 0 Å². The van der Waals surface area contributed by atoms with E-state index in [1.54, 1.807) is 6.92 Å². The Balaban J connectivity index is 3.38. The van der Waals surface area contributed by atoms with E-state index in [1.165, 1.54) is 0 Å². The van der Waals surface area contributed by atoms with Crippen LogP contribution in [0.15, 0.2) is 12.3 Å². The first-order valence-electron chi connectivity index (χ1n) is 2.75. The lowest BCUT2D eigenvalue weighted by Gasteiger charge is -1.96. The monoisotopic (exact) mass is 144 g/mol. The number of carbonyl (C=O) groups excluding carboxylic acids is 2. The van der Waals surface area contributed by atoms with Gasteiger partial charge in [0.05, 0.1) is 6.61 Å². The van der Waals surface area contributed by atoms with Gasteiger partial charge in [-0.05, 0) is 6.92 Å². The molecule has 0 radical (unpaired) electrons. The molecule has 56 valence electrons. The fourth-order valence-corrected chi connectivity index (χ4v) is 0.279. The van der Waals surface area contributed by atoms with Crippen LogP contribution in [-0.2, 0) is 14.3 Å². The van der Waals surface area contributed by atoms with Crippen molar-refractivity contribution in [3.63, 3.8) is 0 Å². The first-order chi connectivity index (χ1) is 4.81. The van der Waals surface area contributed by atoms with Crippen LogP contribution in [0.3, 0.4) is 0 Å². The molecular formula is C6H8O4. The third kappa shape index (κ3) is 4.83. The van der Waals surface area contributed by atoms with E-state index in [1.807, 2.05) is 0 Å². The highest BCUT2D eigenvalue weighted by molar-refractivity contribution is 5.66. The van der Waals surface area contributed by atoms with Gasteiger partial charge in [0.25, 0.3) is 0 Å². The van der Waals surface area contributed by atoms with E-state index in [2.05, 4.69) is 9.47 Å². The van der Waals surface area contributed by atoms with E-state index < -0.39 is 6.16 Å². The maximum Gasteiger partial charge on any atom is 0.513 e. The summed E-state index contributed by atoms with van der Waals surface area (Å²) in [5, 5.41) is 0. The van der Waals surface area contributed by atoms with Crippen LogP contribution in [0.1, 0.15) is 6.92 Å². The van der Waals surface area contributed by atoms with Crippen LogP contribution in [0.5, 0.6) is 0 Å². The zero-order valence-electron chi connectivity index (χ0n) is 5.57. The van der Waals surface area contributed by atoms with Crippen LogP contribution >= 0.6 is 0 Å². The summed E-state index contributed by atoms with van der Waals surface area (Å²) in [4.78, 5) is 19.9. The quantitative estimate of drug-likeness (QED) is 0.255. The second kappa shape index (κ2) is 5.81. The van der Waals surface area contributed by atoms with Crippen LogP contribution in [0.25, 0.3) is 0 Å². The molecule has 0 saturated carbocycles. The molecular weight excluding hydrogens is 136 g/mol. The molecule has 0 fully saturated rings. The largest absolute Gasteiger partial charge is 0.513 e. The molecule has 0 aromatic rings. The van der Waals surface area contributed by atoms with Gasteiger partial charge in [-0.3, -0.25) is 4.79 Å². The van der Waals surface area contributed by atoms with E-state index in [0.717, 1.165) is 12.3 Å². The maximum absolute atomic E-state index is 10.3. The van der Waals surface area contributed by atoms with Crippen LogP contribution in [-0.4, -0.2) is 19.0 Å². The lowest BCUT2D eigenvalue weighted by atomic mass is 10.7. The number of hydrogen-bond donors (Lipinski definition) is 0. The normalized spacial score (nSPS) is 9.30. The lowest BCUT2D eigenvalue weighted by Crippen LogP contribution is -2.02. The Labute approximate surface area is 58.4 Å². The topological polar surface area (TPSA) is 52.6 Å². The molecule has 0 aliphatic rings. The standard InChI is InChI=1S/C6H8O4/c1-2-9-6(8)10-5-3-4-7/h3-5H,2H2,1H3. The van der Waals surface area contributed by atoms with Crippen molar-refractivity contribution in [1.82, 2.24) is 0 Å². The second-order valence-electron chi connectivity index (χ2n) is 1.27. The fourth-order valence-electron chi connectivity index (χ4n) is 0.279. The zero-order chi connectivity index (χ0) is 7.82. The summed E-state index contributed by atoms with van der Waals surface area (Å²) in [5.41, 5.74) is 0. The minimum absolute atomic E-state index is 0.258. The average molecular weight is 144 g/mol. The lowest BCUT2D eigenvalue weighted by molar-refractivity contribution is -0.104. The number of carbonyl (C=O) groups is 2. The van der Waals surface area contributed by atoms with E-state index in [4.69, 9.17) is 0 Å². The van der Waals surface area contributed by atoms with Crippen molar-refractivity contribution in [3.8, 4) is 0 Å². The highest BCUT2D eigenvalue weighted by Crippen LogP contribution is 1.84. The van der Waals surface area contributed by atoms with E-state index in [-0.39, 0.29) is 6.61 Å². The van der Waals surface area contributed by atoms with E-state index >= 15 is 0 Å². The average Bonchev–Trinajstić information content (AvgIpc) is 1.89. The van der Waals surface area contributed by atoms with Crippen molar-refractivity contribution in [2.24, 2.45) is 0 Å². The molecule has 4 heteroatoms. The Morgan fingerprint density at radius 1 is 1.60 bits per heavy atom. The minimum atomic E-state index is -0.805. The van der Waals surface area contributed by atoms with Crippen LogP contribution < -0.4 is 0 Å². The van der Waals surface area contributed by atoms with Gasteiger partial charge in [0, 0.05) is 6.08 Å². The van der Waals surface area contributed by atoms with Crippen molar-refractivity contribution in [2.45, 2.75) is 6.92 Å². The van der Waals surface area contributed by atoms with E-state index in [9.17, 15) is 9.59 Å². The number of rotatable bonds is 3. The number of aldehydes is 1. The van der Waals surface area contributed by atoms with Crippen LogP contribution in [0.4, 0.5) is 4.79 Å². The van der Waals surface area contributed by atoms with Gasteiger partial charge in [-0.2, -0.15) is 0 Å². The van der Waals surface area contributed by atoms with Crippen LogP contribution in [0.2, 0.25) is 0 Å². The Morgan fingerprint density at radius 2 is 2.30 bits per heavy atom. The molecule has 10 heavy (non-hydrogen) atoms. The summed E-state index contributed by atoms with van der Waals surface area (Å²) in [6, 6.07) is 0. The van der Waals surface area contributed by atoms with Crippen LogP contribution in [0, 0.1) is 0 Å². The number of ether oxygens (including phenoxy) is 2. The number of hydrogen-bond acceptors (Lipinski definition) is 4. The van der Waals surface area contributed by atoms with Crippen molar-refractivity contribution >= 4 is 12.4 Å². The summed E-state index contributed by atoms with van der Waals surface area (Å²) in [6.45, 7) is 1.92. The Bertz CT molecular complexity index is 139. The molecule has 0 bridgehead atoms. The molecule has 4 nitrogen and oxygen atoms in total. The van der Waals surface area contributed by atoms with Gasteiger partial charge in [0.15, 0.2) is 0 Å². The molecule has 0 heterocycles. The third-order valence-corrected chi connectivity index (χ3v) is 0.584. The molecule has 0 saturated heterocycles. The predicted molar refractivity (Wildman–Crippen MR) is 33.3 cm³/mol. The van der Waals surface area contributed by atoms with Gasteiger partial charge in [-0.25, -0.2) is 4.79 Å². The van der Waals surface area contributed by atoms with Gasteiger partial charge in [-0.15, -0.1) is 0 Å². The highest BCUT2D eigenvalue weighted by Gasteiger charge is 1.95. The summed E-state index contributed by atoms with van der Waals surface area (Å²) in [6.07, 6.45) is 1.71. The molecule has 0 spiro atoms. The Kier molecular flexibility index (Phi) is 5.04. The van der Waals surface area contributed by atoms with E-state index in [0.29, 0.717) is 6.29 Å². The Hall–Kier alpha value is -1.32. The van der Waals surface area contributed by atoms with Gasteiger partial charge < -0.3 is 9.47 Å². The second-order valence-corrected chi connectivity index (χ2v) is 1.27. The molecule has 0 amide bonds. The molecule has 0 aliphatic heterocycles. The van der Waals surface area contributed by atoms with Crippen molar-refractivity contribution < 1.29 is 19.1 Å². The minimum Gasteiger partial charge on any atom is -0.434 e. The molecule has 0 aromatic carbocycles. The first-order valence-corrected chi connectivity index (χ1v) is 2.75. The third-order valence-electron chi connectivity index (χ3n) is 0.584. The summed E-state index contributed by atoms with van der Waals surface area (Å²) < 4.78 is 8.61. The predicted octanol–water partition coefficient (Wildman–Crippen LogP) is 0.872. The molecule has 0 atom stereocenters. The van der Waals surface area contributed by atoms with Gasteiger partial charge in [-0.1, -0.05) is 0 Å². The van der Waals surface area contributed by atoms with Gasteiger partial charge >= 0.3 is 6.16 Å². The van der Waals surface area contributed by atoms with Crippen molar-refractivity contribution in [1.29, 1.82) is 0 Å². The smallest absolute Gasteiger partial charge is 0.434 e. The summed E-state index contributed by atoms with van der Waals surface area (Å²) in [7, 11) is 0. The SMILES string of the molecule is CCOC(=O)OC=CC=O. The summed E-state index contributed by atoms with van der Waals surface area (Å²) in [5.74, 6) is 0. The Morgan fingerprint density at radius 3 is 2.80 bits per heavy atom. The van der Waals surface area contributed by atoms with Crippen molar-refractivity contribution in [3.05, 3.63) is 12.3 Å². The first kappa shape index (κ1) is 8.68.